The lowest BCUT2D eigenvalue weighted by Crippen LogP contribution is -2.30. The third-order valence-corrected chi connectivity index (χ3v) is 6.19. The number of nitrogens with zero attached hydrogens (tertiary/aromatic N) is 4. The number of carbonyl (C=O) groups is 2. The average Bonchev–Trinajstić information content (AvgIpc) is 3.70. The highest BCUT2D eigenvalue weighted by Gasteiger charge is 2.19. The first-order valence-electron chi connectivity index (χ1n) is 12.8. The number of carboxylic acid groups (broad SMARTS) is 1. The Morgan fingerprint density at radius 3 is 2.62 bits per heavy atom. The molecule has 0 fully saturated rings. The Labute approximate surface area is 238 Å². The SMILES string of the molecule is N[C@H](CO)Cn1ccc(-c2ccc(Oc3nc(-c4cccc(C(=O)NCC(=O)O)c4)c(-c4ccn[nH]4)cc3F)cc2)n1. The maximum absolute atomic E-state index is 15.3. The van der Waals surface area contributed by atoms with E-state index in [1.807, 2.05) is 6.07 Å². The summed E-state index contributed by atoms with van der Waals surface area (Å²) in [6.07, 6.45) is 3.28. The Bertz CT molecular complexity index is 1700. The predicted octanol–water partition coefficient (Wildman–Crippen LogP) is 3.07. The molecule has 5 aromatic rings. The summed E-state index contributed by atoms with van der Waals surface area (Å²) in [6, 6.07) is 17.5. The van der Waals surface area contributed by atoms with Crippen molar-refractivity contribution < 1.29 is 28.9 Å². The number of aromatic amines is 1. The number of halogens is 1. The van der Waals surface area contributed by atoms with E-state index in [4.69, 9.17) is 20.7 Å². The summed E-state index contributed by atoms with van der Waals surface area (Å²) >= 11 is 0. The molecular formula is C29H26FN7O5. The number of pyridine rings is 1. The minimum atomic E-state index is -1.17. The second-order valence-electron chi connectivity index (χ2n) is 9.29. The lowest BCUT2D eigenvalue weighted by Gasteiger charge is -2.13. The number of H-pyrrole nitrogens is 1. The van der Waals surface area contributed by atoms with Gasteiger partial charge in [-0.1, -0.05) is 12.1 Å². The van der Waals surface area contributed by atoms with Crippen LogP contribution in [-0.2, 0) is 11.3 Å². The number of carboxylic acids is 1. The van der Waals surface area contributed by atoms with E-state index in [2.05, 4.69) is 25.6 Å². The number of aliphatic hydroxyl groups is 1. The molecule has 42 heavy (non-hydrogen) atoms. The summed E-state index contributed by atoms with van der Waals surface area (Å²) in [4.78, 5) is 27.8. The van der Waals surface area contributed by atoms with Crippen LogP contribution in [0.15, 0.2) is 79.1 Å². The molecule has 2 aromatic carbocycles. The fourth-order valence-corrected chi connectivity index (χ4v) is 4.16. The highest BCUT2D eigenvalue weighted by Crippen LogP contribution is 2.35. The maximum Gasteiger partial charge on any atom is 0.322 e. The van der Waals surface area contributed by atoms with E-state index in [0.717, 1.165) is 5.56 Å². The first-order chi connectivity index (χ1) is 20.3. The van der Waals surface area contributed by atoms with Crippen molar-refractivity contribution in [3.63, 3.8) is 0 Å². The summed E-state index contributed by atoms with van der Waals surface area (Å²) in [7, 11) is 0. The van der Waals surface area contributed by atoms with Gasteiger partial charge in [-0.3, -0.25) is 19.4 Å². The molecule has 0 aliphatic rings. The summed E-state index contributed by atoms with van der Waals surface area (Å²) in [5.74, 6) is -2.43. The van der Waals surface area contributed by atoms with E-state index in [-0.39, 0.29) is 18.1 Å². The van der Waals surface area contributed by atoms with Gasteiger partial charge in [0.15, 0.2) is 5.82 Å². The third kappa shape index (κ3) is 6.49. The molecule has 0 unspecified atom stereocenters. The van der Waals surface area contributed by atoms with Crippen LogP contribution in [0.1, 0.15) is 10.4 Å². The molecule has 0 saturated heterocycles. The van der Waals surface area contributed by atoms with E-state index in [9.17, 15) is 9.59 Å². The van der Waals surface area contributed by atoms with Gasteiger partial charge in [-0.05, 0) is 54.6 Å². The van der Waals surface area contributed by atoms with Crippen molar-refractivity contribution in [2.75, 3.05) is 13.2 Å². The number of aromatic nitrogens is 5. The topological polar surface area (TPSA) is 181 Å². The van der Waals surface area contributed by atoms with E-state index in [0.29, 0.717) is 40.5 Å². The largest absolute Gasteiger partial charge is 0.480 e. The molecule has 6 N–H and O–H groups in total. The fourth-order valence-electron chi connectivity index (χ4n) is 4.16. The van der Waals surface area contributed by atoms with Gasteiger partial charge in [-0.2, -0.15) is 10.2 Å². The lowest BCUT2D eigenvalue weighted by molar-refractivity contribution is -0.135. The smallest absolute Gasteiger partial charge is 0.322 e. The van der Waals surface area contributed by atoms with E-state index < -0.39 is 30.3 Å². The van der Waals surface area contributed by atoms with Crippen molar-refractivity contribution in [3.8, 4) is 45.4 Å². The van der Waals surface area contributed by atoms with Crippen molar-refractivity contribution in [1.82, 2.24) is 30.3 Å². The van der Waals surface area contributed by atoms with Crippen molar-refractivity contribution in [2.24, 2.45) is 5.73 Å². The monoisotopic (exact) mass is 571 g/mol. The number of amides is 1. The molecule has 12 nitrogen and oxygen atoms in total. The molecule has 0 spiro atoms. The van der Waals surface area contributed by atoms with Crippen LogP contribution in [0.2, 0.25) is 0 Å². The number of hydrogen-bond acceptors (Lipinski definition) is 8. The van der Waals surface area contributed by atoms with Crippen molar-refractivity contribution in [3.05, 3.63) is 90.5 Å². The van der Waals surface area contributed by atoms with Gasteiger partial charge in [-0.15, -0.1) is 0 Å². The minimum Gasteiger partial charge on any atom is -0.480 e. The maximum atomic E-state index is 15.3. The molecule has 214 valence electrons. The number of ether oxygens (including phenoxy) is 1. The second-order valence-corrected chi connectivity index (χ2v) is 9.29. The molecule has 0 saturated carbocycles. The molecule has 0 aliphatic heterocycles. The van der Waals surface area contributed by atoms with Crippen LogP contribution in [0.5, 0.6) is 11.6 Å². The molecule has 1 amide bonds. The molecule has 3 aromatic heterocycles. The molecule has 5 rings (SSSR count). The van der Waals surface area contributed by atoms with Gasteiger partial charge in [0.2, 0.25) is 0 Å². The number of nitrogens with two attached hydrogens (primary N) is 1. The van der Waals surface area contributed by atoms with Crippen LogP contribution in [-0.4, -0.2) is 66.2 Å². The number of aliphatic hydroxyl groups excluding tert-OH is 1. The van der Waals surface area contributed by atoms with Gasteiger partial charge in [0.1, 0.15) is 12.3 Å². The summed E-state index contributed by atoms with van der Waals surface area (Å²) in [5.41, 5.74) is 9.12. The number of nitrogens with one attached hydrogen (secondary N) is 2. The molecule has 0 bridgehead atoms. The van der Waals surface area contributed by atoms with Gasteiger partial charge in [0, 0.05) is 40.7 Å². The lowest BCUT2D eigenvalue weighted by atomic mass is 10.0. The zero-order valence-electron chi connectivity index (χ0n) is 22.1. The predicted molar refractivity (Wildman–Crippen MR) is 150 cm³/mol. The van der Waals surface area contributed by atoms with Gasteiger partial charge < -0.3 is 26.0 Å². The summed E-state index contributed by atoms with van der Waals surface area (Å²) in [6.45, 7) is -0.312. The van der Waals surface area contributed by atoms with E-state index in [1.165, 1.54) is 24.4 Å². The second kappa shape index (κ2) is 12.4. The van der Waals surface area contributed by atoms with Crippen LogP contribution in [0.25, 0.3) is 33.8 Å². The van der Waals surface area contributed by atoms with Crippen LogP contribution in [0.4, 0.5) is 4.39 Å². The zero-order chi connectivity index (χ0) is 29.6. The molecular weight excluding hydrogens is 545 g/mol. The Morgan fingerprint density at radius 2 is 1.90 bits per heavy atom. The van der Waals surface area contributed by atoms with Gasteiger partial charge in [-0.25, -0.2) is 9.37 Å². The molecule has 3 heterocycles. The average molecular weight is 572 g/mol. The molecule has 1 atom stereocenters. The van der Waals surface area contributed by atoms with Crippen molar-refractivity contribution in [1.29, 1.82) is 0 Å². The fraction of sp³-hybridized carbons (Fsp3) is 0.138. The molecule has 0 aliphatic carbocycles. The zero-order valence-corrected chi connectivity index (χ0v) is 22.1. The highest BCUT2D eigenvalue weighted by molar-refractivity contribution is 5.97. The highest BCUT2D eigenvalue weighted by atomic mass is 19.1. The Hall–Kier alpha value is -5.40. The third-order valence-electron chi connectivity index (χ3n) is 6.19. The van der Waals surface area contributed by atoms with Gasteiger partial charge in [0.05, 0.1) is 30.2 Å². The molecule has 13 heteroatoms. The quantitative estimate of drug-likeness (QED) is 0.159. The van der Waals surface area contributed by atoms with E-state index >= 15 is 4.39 Å². The summed E-state index contributed by atoms with van der Waals surface area (Å²) in [5, 5.41) is 31.6. The Kier molecular flexibility index (Phi) is 8.32. The standard InChI is InChI=1S/C29H26FN7O5/c30-23-13-22(25-8-10-33-35-25)27(18-2-1-3-19(12-18)28(41)32-14-26(39)40)34-29(23)42-21-6-4-17(5-7-21)24-9-11-37(36-24)15-20(31)16-38/h1-13,20,38H,14-16,31H2,(H,32,41)(H,33,35)(H,39,40)/t20-/m0/s1. The van der Waals surface area contributed by atoms with Crippen molar-refractivity contribution >= 4 is 11.9 Å². The van der Waals surface area contributed by atoms with Crippen LogP contribution in [0, 0.1) is 5.82 Å². The first kappa shape index (κ1) is 28.1. The van der Waals surface area contributed by atoms with Crippen LogP contribution < -0.4 is 15.8 Å². The molecule has 0 radical (unpaired) electrons. The number of benzene rings is 2. The normalized spacial score (nSPS) is 11.7. The Morgan fingerprint density at radius 1 is 1.10 bits per heavy atom. The minimum absolute atomic E-state index is 0.149. The van der Waals surface area contributed by atoms with Crippen molar-refractivity contribution in [2.45, 2.75) is 12.6 Å². The first-order valence-corrected chi connectivity index (χ1v) is 12.8. The summed E-state index contributed by atoms with van der Waals surface area (Å²) < 4.78 is 22.8. The number of aliphatic carboxylic acids is 1. The number of carbonyl (C=O) groups excluding carboxylic acids is 1. The van der Waals surface area contributed by atoms with Gasteiger partial charge >= 0.3 is 5.97 Å². The number of rotatable bonds is 11. The van der Waals surface area contributed by atoms with E-state index in [1.54, 1.807) is 53.3 Å². The Balaban J connectivity index is 1.43. The van der Waals surface area contributed by atoms with Gasteiger partial charge in [0.25, 0.3) is 11.8 Å². The number of hydrogen-bond donors (Lipinski definition) is 5. The van der Waals surface area contributed by atoms with Crippen LogP contribution >= 0.6 is 0 Å². The van der Waals surface area contributed by atoms with Crippen LogP contribution in [0.3, 0.4) is 0 Å².